The van der Waals surface area contributed by atoms with Crippen molar-refractivity contribution in [3.05, 3.63) is 23.0 Å². The molecule has 1 saturated heterocycles. The van der Waals surface area contributed by atoms with Gasteiger partial charge in [0.2, 0.25) is 0 Å². The molecule has 1 atom stereocenters. The molecular formula is C18H21N3O4. The van der Waals surface area contributed by atoms with Crippen LogP contribution in [0.3, 0.4) is 0 Å². The number of carbonyl (C=O) groups is 2. The molecule has 3 heterocycles. The molecule has 0 bridgehead atoms. The number of aromatic nitrogens is 2. The van der Waals surface area contributed by atoms with Gasteiger partial charge in [-0.3, -0.25) is 4.79 Å². The van der Waals surface area contributed by atoms with Crippen molar-refractivity contribution in [2.24, 2.45) is 0 Å². The van der Waals surface area contributed by atoms with E-state index >= 15 is 0 Å². The van der Waals surface area contributed by atoms with Gasteiger partial charge in [-0.2, -0.15) is 0 Å². The van der Waals surface area contributed by atoms with Crippen LogP contribution in [0.25, 0.3) is 11.1 Å². The van der Waals surface area contributed by atoms with Crippen molar-refractivity contribution < 1.29 is 19.2 Å². The molecule has 0 unspecified atom stereocenters. The van der Waals surface area contributed by atoms with Crippen molar-refractivity contribution >= 4 is 23.0 Å². The Balaban J connectivity index is 1.85. The van der Waals surface area contributed by atoms with Crippen LogP contribution in [0.5, 0.6) is 0 Å². The number of nitrogens with zero attached hydrogens (tertiary/aromatic N) is 3. The number of fused-ring (bicyclic) bond motifs is 1. The molecule has 4 rings (SSSR count). The molecule has 1 aliphatic carbocycles. The highest BCUT2D eigenvalue weighted by atomic mass is 16.5. The van der Waals surface area contributed by atoms with Gasteiger partial charge >= 0.3 is 5.97 Å². The summed E-state index contributed by atoms with van der Waals surface area (Å²) in [6, 6.07) is 1.06. The second-order valence-electron chi connectivity index (χ2n) is 7.27. The van der Waals surface area contributed by atoms with Crippen molar-refractivity contribution in [2.45, 2.75) is 57.4 Å². The molecule has 2 fully saturated rings. The average molecular weight is 343 g/mol. The largest absolute Gasteiger partial charge is 0.480 e. The van der Waals surface area contributed by atoms with Crippen LogP contribution in [0.1, 0.15) is 73.1 Å². The summed E-state index contributed by atoms with van der Waals surface area (Å²) in [6.07, 6.45) is 3.30. The first-order valence-corrected chi connectivity index (χ1v) is 8.81. The Morgan fingerprint density at radius 1 is 1.32 bits per heavy atom. The van der Waals surface area contributed by atoms with Gasteiger partial charge in [0.25, 0.3) is 11.6 Å². The molecule has 1 saturated carbocycles. The van der Waals surface area contributed by atoms with E-state index in [4.69, 9.17) is 4.52 Å². The van der Waals surface area contributed by atoms with Gasteiger partial charge < -0.3 is 14.5 Å². The van der Waals surface area contributed by atoms with Crippen molar-refractivity contribution in [1.29, 1.82) is 0 Å². The van der Waals surface area contributed by atoms with Crippen LogP contribution < -0.4 is 0 Å². The molecule has 2 aromatic heterocycles. The minimum atomic E-state index is -0.951. The van der Waals surface area contributed by atoms with Crippen molar-refractivity contribution in [3.63, 3.8) is 0 Å². The molecular weight excluding hydrogens is 322 g/mol. The highest BCUT2D eigenvalue weighted by Crippen LogP contribution is 2.41. The maximum Gasteiger partial charge on any atom is 0.326 e. The van der Waals surface area contributed by atoms with Gasteiger partial charge in [0.1, 0.15) is 6.04 Å². The number of aliphatic carboxylic acids is 1. The lowest BCUT2D eigenvalue weighted by molar-refractivity contribution is -0.141. The third kappa shape index (κ3) is 2.67. The van der Waals surface area contributed by atoms with Gasteiger partial charge in [0, 0.05) is 18.2 Å². The summed E-state index contributed by atoms with van der Waals surface area (Å²) in [7, 11) is 0. The lowest BCUT2D eigenvalue weighted by atomic mass is 10.0. The smallest absolute Gasteiger partial charge is 0.326 e. The first-order valence-electron chi connectivity index (χ1n) is 8.81. The van der Waals surface area contributed by atoms with Gasteiger partial charge in [-0.15, -0.1) is 0 Å². The SMILES string of the molecule is CC(C)c1noc2nc(C3CC3)cc(C(=O)N3CCC[C@@H]3C(=O)O)c12. The van der Waals surface area contributed by atoms with E-state index in [1.807, 2.05) is 19.9 Å². The molecule has 7 heteroatoms. The number of carboxylic acids is 1. The monoisotopic (exact) mass is 343 g/mol. The fourth-order valence-corrected chi connectivity index (χ4v) is 3.56. The zero-order chi connectivity index (χ0) is 17.7. The highest BCUT2D eigenvalue weighted by molar-refractivity contribution is 6.07. The Labute approximate surface area is 145 Å². The topological polar surface area (TPSA) is 96.5 Å². The number of hydrogen-bond acceptors (Lipinski definition) is 5. The van der Waals surface area contributed by atoms with Crippen LogP contribution in [0, 0.1) is 0 Å². The Bertz CT molecular complexity index is 853. The normalized spacial score (nSPS) is 20.6. The molecule has 2 aliphatic rings. The van der Waals surface area contributed by atoms with Gasteiger partial charge in [0.15, 0.2) is 0 Å². The van der Waals surface area contributed by atoms with E-state index in [1.165, 1.54) is 4.90 Å². The Morgan fingerprint density at radius 2 is 2.08 bits per heavy atom. The van der Waals surface area contributed by atoms with Gasteiger partial charge in [-0.05, 0) is 37.7 Å². The number of pyridine rings is 1. The molecule has 1 amide bonds. The maximum absolute atomic E-state index is 13.2. The van der Waals surface area contributed by atoms with Crippen LogP contribution in [-0.2, 0) is 4.79 Å². The molecule has 1 N–H and O–H groups in total. The minimum Gasteiger partial charge on any atom is -0.480 e. The predicted molar refractivity (Wildman–Crippen MR) is 89.6 cm³/mol. The number of amides is 1. The summed E-state index contributed by atoms with van der Waals surface area (Å²) in [5.74, 6) is -0.773. The summed E-state index contributed by atoms with van der Waals surface area (Å²) in [4.78, 5) is 30.7. The molecule has 132 valence electrons. The molecule has 25 heavy (non-hydrogen) atoms. The fraction of sp³-hybridized carbons (Fsp3) is 0.556. The van der Waals surface area contributed by atoms with Crippen LogP contribution in [0.15, 0.2) is 10.6 Å². The van der Waals surface area contributed by atoms with Crippen LogP contribution in [0.4, 0.5) is 0 Å². The summed E-state index contributed by atoms with van der Waals surface area (Å²) < 4.78 is 5.41. The number of carbonyl (C=O) groups excluding carboxylic acids is 1. The van der Waals surface area contributed by atoms with Crippen molar-refractivity contribution in [1.82, 2.24) is 15.0 Å². The zero-order valence-electron chi connectivity index (χ0n) is 14.4. The van der Waals surface area contributed by atoms with Crippen LogP contribution >= 0.6 is 0 Å². The summed E-state index contributed by atoms with van der Waals surface area (Å²) >= 11 is 0. The third-order valence-corrected chi connectivity index (χ3v) is 5.06. The van der Waals surface area contributed by atoms with Gasteiger partial charge in [-0.1, -0.05) is 19.0 Å². The van der Waals surface area contributed by atoms with Crippen LogP contribution in [0.2, 0.25) is 0 Å². The first-order chi connectivity index (χ1) is 12.0. The third-order valence-electron chi connectivity index (χ3n) is 5.06. The predicted octanol–water partition coefficient (Wildman–Crippen LogP) is 2.91. The molecule has 0 radical (unpaired) electrons. The molecule has 2 aromatic rings. The lowest BCUT2D eigenvalue weighted by Gasteiger charge is -2.22. The zero-order valence-corrected chi connectivity index (χ0v) is 14.4. The molecule has 1 aliphatic heterocycles. The summed E-state index contributed by atoms with van der Waals surface area (Å²) in [6.45, 7) is 4.42. The Kier molecular flexibility index (Phi) is 3.74. The van der Waals surface area contributed by atoms with E-state index in [-0.39, 0.29) is 11.8 Å². The molecule has 0 spiro atoms. The van der Waals surface area contributed by atoms with E-state index in [2.05, 4.69) is 10.1 Å². The van der Waals surface area contributed by atoms with E-state index in [9.17, 15) is 14.7 Å². The average Bonchev–Trinajstić information content (AvgIpc) is 3.14. The number of hydrogen-bond donors (Lipinski definition) is 1. The van der Waals surface area contributed by atoms with Gasteiger partial charge in [0.05, 0.1) is 16.6 Å². The summed E-state index contributed by atoms with van der Waals surface area (Å²) in [5.41, 5.74) is 2.39. The Hall–Kier alpha value is -2.44. The van der Waals surface area contributed by atoms with Crippen molar-refractivity contribution in [2.75, 3.05) is 6.54 Å². The minimum absolute atomic E-state index is 0.0789. The van der Waals surface area contributed by atoms with Crippen molar-refractivity contribution in [3.8, 4) is 0 Å². The maximum atomic E-state index is 13.2. The standard InChI is InChI=1S/C18H21N3O4/c1-9(2)15-14-11(17(22)21-7-3-4-13(21)18(23)24)8-12(10-5-6-10)19-16(14)25-20-15/h8-10,13H,3-7H2,1-2H3,(H,23,24)/t13-/m1/s1. The fourth-order valence-electron chi connectivity index (χ4n) is 3.56. The number of likely N-dealkylation sites (tertiary alicyclic amines) is 1. The van der Waals surface area contributed by atoms with Crippen LogP contribution in [-0.4, -0.2) is 44.6 Å². The lowest BCUT2D eigenvalue weighted by Crippen LogP contribution is -2.40. The molecule has 0 aromatic carbocycles. The molecule has 7 nitrogen and oxygen atoms in total. The van der Waals surface area contributed by atoms with E-state index < -0.39 is 12.0 Å². The van der Waals surface area contributed by atoms with E-state index in [1.54, 1.807) is 0 Å². The van der Waals surface area contributed by atoms with Gasteiger partial charge in [-0.25, -0.2) is 9.78 Å². The second-order valence-corrected chi connectivity index (χ2v) is 7.27. The Morgan fingerprint density at radius 3 is 2.72 bits per heavy atom. The number of rotatable bonds is 4. The summed E-state index contributed by atoms with van der Waals surface area (Å²) in [5, 5.41) is 14.2. The quantitative estimate of drug-likeness (QED) is 0.917. The van der Waals surface area contributed by atoms with E-state index in [0.717, 1.165) is 18.5 Å². The first kappa shape index (κ1) is 16.1. The highest BCUT2D eigenvalue weighted by Gasteiger charge is 2.37. The second kappa shape index (κ2) is 5.82. The van der Waals surface area contributed by atoms with E-state index in [0.29, 0.717) is 47.7 Å². The number of carboxylic acid groups (broad SMARTS) is 1.